The third kappa shape index (κ3) is 6.42. The predicted molar refractivity (Wildman–Crippen MR) is 74.6 cm³/mol. The number of piperidine rings is 1. The van der Waals surface area contributed by atoms with Crippen LogP contribution in [0.2, 0.25) is 0 Å². The Morgan fingerprint density at radius 1 is 1.32 bits per heavy atom. The second kappa shape index (κ2) is 7.99. The molecule has 0 bridgehead atoms. The third-order valence-electron chi connectivity index (χ3n) is 3.30. The smallest absolute Gasteiger partial charge is 0.314 e. The van der Waals surface area contributed by atoms with Crippen LogP contribution in [0.4, 0.5) is 4.79 Å². The van der Waals surface area contributed by atoms with Crippen molar-refractivity contribution < 1.29 is 9.59 Å². The lowest BCUT2D eigenvalue weighted by Gasteiger charge is -2.31. The SMILES string of the molecule is CC(C)CNC(=O)CCNC1CCN(C(N)=O)CC1. The fraction of sp³-hybridized carbons (Fsp3) is 0.846. The number of nitrogens with two attached hydrogens (primary N) is 1. The molecule has 6 nitrogen and oxygen atoms in total. The first-order valence-corrected chi connectivity index (χ1v) is 7.03. The highest BCUT2D eigenvalue weighted by Crippen LogP contribution is 2.09. The van der Waals surface area contributed by atoms with Crippen molar-refractivity contribution in [1.82, 2.24) is 15.5 Å². The molecule has 1 aliphatic heterocycles. The molecule has 0 aromatic carbocycles. The molecule has 19 heavy (non-hydrogen) atoms. The van der Waals surface area contributed by atoms with Gasteiger partial charge in [0.1, 0.15) is 0 Å². The van der Waals surface area contributed by atoms with Crippen molar-refractivity contribution in [2.45, 2.75) is 39.2 Å². The van der Waals surface area contributed by atoms with Gasteiger partial charge in [-0.1, -0.05) is 13.8 Å². The Hall–Kier alpha value is -1.30. The summed E-state index contributed by atoms with van der Waals surface area (Å²) in [5.74, 6) is 0.575. The van der Waals surface area contributed by atoms with E-state index >= 15 is 0 Å². The highest BCUT2D eigenvalue weighted by Gasteiger charge is 2.20. The van der Waals surface area contributed by atoms with Crippen LogP contribution in [0.5, 0.6) is 0 Å². The average molecular weight is 270 g/mol. The van der Waals surface area contributed by atoms with Crippen molar-refractivity contribution in [2.24, 2.45) is 11.7 Å². The van der Waals surface area contributed by atoms with Crippen molar-refractivity contribution in [1.29, 1.82) is 0 Å². The van der Waals surface area contributed by atoms with E-state index in [9.17, 15) is 9.59 Å². The summed E-state index contributed by atoms with van der Waals surface area (Å²) in [6, 6.07) is 0.0417. The van der Waals surface area contributed by atoms with Crippen LogP contribution >= 0.6 is 0 Å². The number of hydrogen-bond acceptors (Lipinski definition) is 3. The van der Waals surface area contributed by atoms with Gasteiger partial charge in [0.2, 0.25) is 5.91 Å². The summed E-state index contributed by atoms with van der Waals surface area (Å²) < 4.78 is 0. The molecule has 4 N–H and O–H groups in total. The molecule has 1 saturated heterocycles. The molecule has 0 atom stereocenters. The standard InChI is InChI=1S/C13H26N4O2/c1-10(2)9-16-12(18)3-6-15-11-4-7-17(8-5-11)13(14)19/h10-11,15H,3-9H2,1-2H3,(H2,14,19)(H,16,18). The first-order valence-electron chi connectivity index (χ1n) is 7.03. The van der Waals surface area contributed by atoms with Gasteiger partial charge in [-0.3, -0.25) is 4.79 Å². The molecule has 1 rings (SSSR count). The molecule has 1 aliphatic rings. The number of urea groups is 1. The number of nitrogens with one attached hydrogen (secondary N) is 2. The lowest BCUT2D eigenvalue weighted by atomic mass is 10.1. The van der Waals surface area contributed by atoms with E-state index in [-0.39, 0.29) is 11.9 Å². The van der Waals surface area contributed by atoms with Crippen LogP contribution in [0.25, 0.3) is 0 Å². The molecule has 0 unspecified atom stereocenters. The summed E-state index contributed by atoms with van der Waals surface area (Å²) >= 11 is 0. The van der Waals surface area contributed by atoms with Gasteiger partial charge < -0.3 is 21.3 Å². The number of rotatable bonds is 6. The van der Waals surface area contributed by atoms with Crippen molar-refractivity contribution in [2.75, 3.05) is 26.2 Å². The summed E-state index contributed by atoms with van der Waals surface area (Å²) in [5.41, 5.74) is 5.22. The molecular weight excluding hydrogens is 244 g/mol. The summed E-state index contributed by atoms with van der Waals surface area (Å²) in [6.07, 6.45) is 2.30. The van der Waals surface area contributed by atoms with Crippen LogP contribution in [-0.2, 0) is 4.79 Å². The number of nitrogens with zero attached hydrogens (tertiary/aromatic N) is 1. The Morgan fingerprint density at radius 2 is 1.95 bits per heavy atom. The van der Waals surface area contributed by atoms with E-state index in [0.29, 0.717) is 38.0 Å². The van der Waals surface area contributed by atoms with Crippen LogP contribution in [0.1, 0.15) is 33.1 Å². The van der Waals surface area contributed by atoms with Crippen molar-refractivity contribution in [3.63, 3.8) is 0 Å². The molecule has 110 valence electrons. The summed E-state index contributed by atoms with van der Waals surface area (Å²) in [6.45, 7) is 6.97. The molecule has 0 aliphatic carbocycles. The van der Waals surface area contributed by atoms with E-state index < -0.39 is 0 Å². The Kier molecular flexibility index (Phi) is 6.62. The van der Waals surface area contributed by atoms with Crippen molar-refractivity contribution >= 4 is 11.9 Å². The van der Waals surface area contributed by atoms with Gasteiger partial charge in [-0.15, -0.1) is 0 Å². The van der Waals surface area contributed by atoms with Crippen LogP contribution in [0, 0.1) is 5.92 Å². The molecule has 6 heteroatoms. The summed E-state index contributed by atoms with van der Waals surface area (Å²) in [5, 5.41) is 6.25. The zero-order chi connectivity index (χ0) is 14.3. The largest absolute Gasteiger partial charge is 0.356 e. The van der Waals surface area contributed by atoms with Gasteiger partial charge in [0.05, 0.1) is 0 Å². The first kappa shape index (κ1) is 15.8. The number of carbonyl (C=O) groups is 2. The van der Waals surface area contributed by atoms with E-state index in [0.717, 1.165) is 19.4 Å². The van der Waals surface area contributed by atoms with Gasteiger partial charge in [0.25, 0.3) is 0 Å². The third-order valence-corrected chi connectivity index (χ3v) is 3.30. The molecule has 0 aromatic heterocycles. The maximum atomic E-state index is 11.5. The van der Waals surface area contributed by atoms with Gasteiger partial charge in [-0.25, -0.2) is 4.79 Å². The topological polar surface area (TPSA) is 87.5 Å². The number of hydrogen-bond donors (Lipinski definition) is 3. The Bertz CT molecular complexity index is 299. The highest BCUT2D eigenvalue weighted by molar-refractivity contribution is 5.76. The second-order valence-electron chi connectivity index (χ2n) is 5.50. The fourth-order valence-electron chi connectivity index (χ4n) is 2.10. The van der Waals surface area contributed by atoms with Gasteiger partial charge >= 0.3 is 6.03 Å². The fourth-order valence-corrected chi connectivity index (χ4v) is 2.10. The lowest BCUT2D eigenvalue weighted by molar-refractivity contribution is -0.121. The second-order valence-corrected chi connectivity index (χ2v) is 5.50. The Balaban J connectivity index is 2.07. The molecule has 0 saturated carbocycles. The Labute approximate surface area is 115 Å². The minimum absolute atomic E-state index is 0.0933. The Morgan fingerprint density at radius 3 is 2.47 bits per heavy atom. The van der Waals surface area contributed by atoms with Crippen LogP contribution in [0.3, 0.4) is 0 Å². The minimum Gasteiger partial charge on any atom is -0.356 e. The maximum absolute atomic E-state index is 11.5. The van der Waals surface area contributed by atoms with Gasteiger partial charge in [0.15, 0.2) is 0 Å². The summed E-state index contributed by atoms with van der Waals surface area (Å²) in [4.78, 5) is 24.1. The normalized spacial score (nSPS) is 16.7. The molecule has 1 fully saturated rings. The number of amides is 3. The van der Waals surface area contributed by atoms with Crippen molar-refractivity contribution in [3.8, 4) is 0 Å². The number of likely N-dealkylation sites (tertiary alicyclic amines) is 1. The molecule has 0 radical (unpaired) electrons. The van der Waals surface area contributed by atoms with E-state index in [1.54, 1.807) is 4.90 Å². The predicted octanol–water partition coefficient (Wildman–Crippen LogP) is 0.281. The van der Waals surface area contributed by atoms with Crippen LogP contribution in [0.15, 0.2) is 0 Å². The van der Waals surface area contributed by atoms with Gasteiger partial charge in [0, 0.05) is 38.6 Å². The lowest BCUT2D eigenvalue weighted by Crippen LogP contribution is -2.47. The quantitative estimate of drug-likeness (QED) is 0.648. The molecule has 0 spiro atoms. The molecular formula is C13H26N4O2. The van der Waals surface area contributed by atoms with Crippen molar-refractivity contribution in [3.05, 3.63) is 0 Å². The highest BCUT2D eigenvalue weighted by atomic mass is 16.2. The number of carbonyl (C=O) groups excluding carboxylic acids is 2. The molecule has 0 aromatic rings. The monoisotopic (exact) mass is 270 g/mol. The van der Waals surface area contributed by atoms with Gasteiger partial charge in [-0.05, 0) is 18.8 Å². The van der Waals surface area contributed by atoms with E-state index in [1.807, 2.05) is 0 Å². The van der Waals surface area contributed by atoms with E-state index in [2.05, 4.69) is 24.5 Å². The first-order chi connectivity index (χ1) is 8.99. The number of primary amides is 1. The zero-order valence-corrected chi connectivity index (χ0v) is 11.9. The minimum atomic E-state index is -0.341. The zero-order valence-electron chi connectivity index (χ0n) is 11.9. The average Bonchev–Trinajstić information content (AvgIpc) is 2.37. The maximum Gasteiger partial charge on any atom is 0.314 e. The van der Waals surface area contributed by atoms with Gasteiger partial charge in [-0.2, -0.15) is 0 Å². The molecule has 1 heterocycles. The van der Waals surface area contributed by atoms with E-state index in [4.69, 9.17) is 5.73 Å². The van der Waals surface area contributed by atoms with Crippen LogP contribution in [-0.4, -0.2) is 49.1 Å². The molecule has 3 amide bonds. The summed E-state index contributed by atoms with van der Waals surface area (Å²) in [7, 11) is 0. The van der Waals surface area contributed by atoms with E-state index in [1.165, 1.54) is 0 Å². The van der Waals surface area contributed by atoms with Crippen LogP contribution < -0.4 is 16.4 Å².